The van der Waals surface area contributed by atoms with Crippen LogP contribution in [0.15, 0.2) is 126 Å². The van der Waals surface area contributed by atoms with Crippen LogP contribution in [0.3, 0.4) is 0 Å². The minimum Gasteiger partial charge on any atom is -0.264 e. The molecule has 0 amide bonds. The molecular weight excluding hydrogens is 454 g/mol. The van der Waals surface area contributed by atoms with Crippen LogP contribution in [0, 0.1) is 0 Å². The van der Waals surface area contributed by atoms with Gasteiger partial charge in [0.05, 0.1) is 11.4 Å². The lowest BCUT2D eigenvalue weighted by Crippen LogP contribution is -2.01. The van der Waals surface area contributed by atoms with Gasteiger partial charge in [-0.2, -0.15) is 0 Å². The lowest BCUT2D eigenvalue weighted by Gasteiger charge is -2.12. The summed E-state index contributed by atoms with van der Waals surface area (Å²) in [4.78, 5) is 23.5. The summed E-state index contributed by atoms with van der Waals surface area (Å²) in [5.41, 5.74) is 6.11. The third-order valence-electron chi connectivity index (χ3n) is 5.76. The van der Waals surface area contributed by atoms with Crippen molar-refractivity contribution in [2.75, 3.05) is 0 Å². The van der Waals surface area contributed by atoms with E-state index in [1.54, 1.807) is 6.20 Å². The van der Waals surface area contributed by atoms with Crippen molar-refractivity contribution in [2.45, 2.75) is 6.92 Å². The molecule has 37 heavy (non-hydrogen) atoms. The number of aliphatic imine (C=N–C) groups is 1. The van der Waals surface area contributed by atoms with Crippen LogP contribution in [0.4, 0.5) is 0 Å². The van der Waals surface area contributed by atoms with Crippen LogP contribution in [0.1, 0.15) is 12.5 Å². The van der Waals surface area contributed by atoms with Crippen molar-refractivity contribution in [3.63, 3.8) is 0 Å². The molecule has 5 aromatic rings. The third-order valence-corrected chi connectivity index (χ3v) is 5.76. The van der Waals surface area contributed by atoms with Gasteiger partial charge in [0.25, 0.3) is 0 Å². The normalized spacial score (nSPS) is 11.5. The van der Waals surface area contributed by atoms with Gasteiger partial charge in [0.2, 0.25) is 0 Å². The lowest BCUT2D eigenvalue weighted by atomic mass is 10.00. The van der Waals surface area contributed by atoms with E-state index in [0.717, 1.165) is 39.2 Å². The maximum atomic E-state index is 4.90. The molecule has 0 fully saturated rings. The van der Waals surface area contributed by atoms with E-state index in [4.69, 9.17) is 15.0 Å². The van der Waals surface area contributed by atoms with Gasteiger partial charge < -0.3 is 0 Å². The highest BCUT2D eigenvalue weighted by Gasteiger charge is 2.15. The van der Waals surface area contributed by atoms with Gasteiger partial charge in [0.1, 0.15) is 0 Å². The highest BCUT2D eigenvalue weighted by molar-refractivity contribution is 5.79. The summed E-state index contributed by atoms with van der Waals surface area (Å²) in [7, 11) is 0. The minimum atomic E-state index is 0.571. The first-order chi connectivity index (χ1) is 18.2. The van der Waals surface area contributed by atoms with Gasteiger partial charge in [0.15, 0.2) is 17.5 Å². The second-order valence-corrected chi connectivity index (χ2v) is 8.29. The minimum absolute atomic E-state index is 0.571. The summed E-state index contributed by atoms with van der Waals surface area (Å²) in [5, 5.41) is 0. The first-order valence-electron chi connectivity index (χ1n) is 12.0. The summed E-state index contributed by atoms with van der Waals surface area (Å²) in [6.07, 6.45) is 7.63. The van der Waals surface area contributed by atoms with Gasteiger partial charge in [-0.25, -0.2) is 15.0 Å². The molecule has 0 spiro atoms. The van der Waals surface area contributed by atoms with E-state index in [2.05, 4.69) is 28.8 Å². The average Bonchev–Trinajstić information content (AvgIpc) is 2.98. The first kappa shape index (κ1) is 23.7. The average molecular weight is 480 g/mol. The molecule has 0 unspecified atom stereocenters. The van der Waals surface area contributed by atoms with Crippen molar-refractivity contribution in [3.05, 3.63) is 127 Å². The number of hydrogen-bond acceptors (Lipinski definition) is 5. The smallest absolute Gasteiger partial charge is 0.164 e. The maximum absolute atomic E-state index is 4.90. The van der Waals surface area contributed by atoms with E-state index in [-0.39, 0.29) is 0 Å². The summed E-state index contributed by atoms with van der Waals surface area (Å²) >= 11 is 0. The molecule has 5 nitrogen and oxygen atoms in total. The van der Waals surface area contributed by atoms with Crippen LogP contribution in [0.5, 0.6) is 0 Å². The van der Waals surface area contributed by atoms with Crippen LogP contribution >= 0.6 is 0 Å². The summed E-state index contributed by atoms with van der Waals surface area (Å²) in [5.74, 6) is 1.79. The fraction of sp³-hybridized carbons (Fsp3) is 0.0312. The van der Waals surface area contributed by atoms with Crippen LogP contribution in [0.25, 0.3) is 51.1 Å². The molecule has 0 radical (unpaired) electrons. The first-order valence-corrected chi connectivity index (χ1v) is 12.0. The van der Waals surface area contributed by atoms with Gasteiger partial charge in [0, 0.05) is 34.0 Å². The molecule has 3 aromatic carbocycles. The standard InChI is InChI=1S/C32H25N5/c1-3-4-17-28(33-2)25-20-26(29-18-11-12-19-34-29)22-27(21-25)32-36-30(23-13-7-5-8-14-23)35-31(37-32)24-15-9-6-10-16-24/h3-22H,2H2,1H3/b4-3-,28-17-. The van der Waals surface area contributed by atoms with Crippen molar-refractivity contribution in [1.82, 2.24) is 19.9 Å². The molecule has 2 heterocycles. The van der Waals surface area contributed by atoms with E-state index in [1.807, 2.05) is 110 Å². The van der Waals surface area contributed by atoms with E-state index in [0.29, 0.717) is 17.5 Å². The number of aromatic nitrogens is 4. The van der Waals surface area contributed by atoms with Gasteiger partial charge in [-0.3, -0.25) is 9.98 Å². The van der Waals surface area contributed by atoms with Crippen LogP contribution in [-0.2, 0) is 0 Å². The molecule has 0 N–H and O–H groups in total. The van der Waals surface area contributed by atoms with Gasteiger partial charge in [-0.1, -0.05) is 78.9 Å². The van der Waals surface area contributed by atoms with E-state index < -0.39 is 0 Å². The number of allylic oxidation sites excluding steroid dienone is 3. The van der Waals surface area contributed by atoms with Crippen molar-refractivity contribution in [1.29, 1.82) is 0 Å². The molecule has 0 bridgehead atoms. The largest absolute Gasteiger partial charge is 0.264 e. The Morgan fingerprint density at radius 1 is 0.676 bits per heavy atom. The Hall–Kier alpha value is -5.03. The number of benzene rings is 3. The van der Waals surface area contributed by atoms with Gasteiger partial charge in [-0.15, -0.1) is 0 Å². The Morgan fingerprint density at radius 2 is 1.24 bits per heavy atom. The van der Waals surface area contributed by atoms with Crippen molar-refractivity contribution < 1.29 is 0 Å². The summed E-state index contributed by atoms with van der Waals surface area (Å²) < 4.78 is 0. The fourth-order valence-corrected chi connectivity index (χ4v) is 3.95. The highest BCUT2D eigenvalue weighted by atomic mass is 15.0. The monoisotopic (exact) mass is 479 g/mol. The van der Waals surface area contributed by atoms with Crippen molar-refractivity contribution in [2.24, 2.45) is 4.99 Å². The predicted molar refractivity (Wildman–Crippen MR) is 152 cm³/mol. The Labute approximate surface area is 216 Å². The zero-order valence-corrected chi connectivity index (χ0v) is 20.5. The van der Waals surface area contributed by atoms with Crippen LogP contribution in [-0.4, -0.2) is 26.7 Å². The molecule has 0 saturated carbocycles. The molecule has 0 saturated heterocycles. The topological polar surface area (TPSA) is 63.9 Å². The quantitative estimate of drug-likeness (QED) is 0.179. The molecule has 0 atom stereocenters. The molecule has 0 aliphatic carbocycles. The molecule has 5 heteroatoms. The zero-order chi connectivity index (χ0) is 25.5. The molecule has 2 aromatic heterocycles. The summed E-state index contributed by atoms with van der Waals surface area (Å²) in [6, 6.07) is 31.9. The van der Waals surface area contributed by atoms with Crippen LogP contribution < -0.4 is 0 Å². The van der Waals surface area contributed by atoms with Crippen LogP contribution in [0.2, 0.25) is 0 Å². The SMILES string of the molecule is C=N/C(=C\C=C/C)c1cc(-c2ccccn2)cc(-c2nc(-c3ccccc3)nc(-c3ccccc3)n2)c1. The van der Waals surface area contributed by atoms with E-state index in [1.165, 1.54) is 0 Å². The molecule has 0 aliphatic heterocycles. The summed E-state index contributed by atoms with van der Waals surface area (Å²) in [6.45, 7) is 5.76. The molecule has 178 valence electrons. The third kappa shape index (κ3) is 5.46. The number of hydrogen-bond donors (Lipinski definition) is 0. The molecule has 0 aliphatic rings. The fourth-order valence-electron chi connectivity index (χ4n) is 3.95. The highest BCUT2D eigenvalue weighted by Crippen LogP contribution is 2.31. The second-order valence-electron chi connectivity index (χ2n) is 8.29. The molecular formula is C32H25N5. The Kier molecular flexibility index (Phi) is 7.14. The van der Waals surface area contributed by atoms with Gasteiger partial charge >= 0.3 is 0 Å². The van der Waals surface area contributed by atoms with E-state index in [9.17, 15) is 0 Å². The number of pyridine rings is 1. The number of nitrogens with zero attached hydrogens (tertiary/aromatic N) is 5. The lowest BCUT2D eigenvalue weighted by molar-refractivity contribution is 1.07. The number of rotatable bonds is 7. The Morgan fingerprint density at radius 3 is 1.78 bits per heavy atom. The molecule has 5 rings (SSSR count). The van der Waals surface area contributed by atoms with Crippen molar-refractivity contribution >= 4 is 12.4 Å². The van der Waals surface area contributed by atoms with E-state index >= 15 is 0 Å². The zero-order valence-electron chi connectivity index (χ0n) is 20.5. The van der Waals surface area contributed by atoms with Crippen molar-refractivity contribution in [3.8, 4) is 45.4 Å². The Balaban J connectivity index is 1.75. The maximum Gasteiger partial charge on any atom is 0.164 e. The predicted octanol–water partition coefficient (Wildman–Crippen LogP) is 7.55. The Bertz CT molecular complexity index is 1520. The second kappa shape index (κ2) is 11.1. The van der Waals surface area contributed by atoms with Gasteiger partial charge in [-0.05, 0) is 50.0 Å².